The van der Waals surface area contributed by atoms with Gasteiger partial charge in [-0.1, -0.05) is 23.5 Å². The fraction of sp³-hybridized carbons (Fsp3) is 0.0455. The van der Waals surface area contributed by atoms with E-state index in [0.29, 0.717) is 11.3 Å². The Hall–Kier alpha value is -5.11. The molecule has 0 fully saturated rings. The van der Waals surface area contributed by atoms with Crippen LogP contribution in [0.2, 0.25) is 0 Å². The van der Waals surface area contributed by atoms with Crippen LogP contribution in [-0.4, -0.2) is 33.7 Å². The van der Waals surface area contributed by atoms with Crippen LogP contribution in [0.25, 0.3) is 10.2 Å². The van der Waals surface area contributed by atoms with Crippen LogP contribution in [0.4, 0.5) is 16.5 Å². The summed E-state index contributed by atoms with van der Waals surface area (Å²) >= 11 is 1.22. The van der Waals surface area contributed by atoms with E-state index >= 15 is 0 Å². The van der Waals surface area contributed by atoms with Crippen LogP contribution in [0.1, 0.15) is 15.9 Å². The van der Waals surface area contributed by atoms with E-state index in [0.717, 1.165) is 4.70 Å². The number of azo groups is 1. The number of rotatable bonds is 7. The van der Waals surface area contributed by atoms with Crippen molar-refractivity contribution in [3.8, 4) is 5.75 Å². The Morgan fingerprint density at radius 2 is 1.78 bits per heavy atom. The number of amidine groups is 1. The number of fused-ring (bicyclic) bond motifs is 1. The van der Waals surface area contributed by atoms with Gasteiger partial charge in [-0.2, -0.15) is 0 Å². The maximum absolute atomic E-state index is 12.5. The number of non-ortho nitro benzene ring substituents is 1. The predicted molar refractivity (Wildman–Crippen MR) is 131 cm³/mol. The summed E-state index contributed by atoms with van der Waals surface area (Å²) in [7, 11) is 1.54. The monoisotopic (exact) mass is 505 g/mol. The Labute approximate surface area is 206 Å². The molecule has 4 rings (SSSR count). The van der Waals surface area contributed by atoms with Crippen molar-refractivity contribution in [1.82, 2.24) is 10.4 Å². The molecule has 0 atom stereocenters. The van der Waals surface area contributed by atoms with Crippen molar-refractivity contribution in [2.24, 2.45) is 15.3 Å². The molecule has 0 aliphatic rings. The minimum absolute atomic E-state index is 0.0121. The number of nitrogens with zero attached hydrogens (tertiary/aromatic N) is 6. The Morgan fingerprint density at radius 3 is 2.47 bits per heavy atom. The van der Waals surface area contributed by atoms with Gasteiger partial charge in [0.05, 0.1) is 27.2 Å². The number of thiazole rings is 1. The molecule has 13 nitrogen and oxygen atoms in total. The fourth-order valence-electron chi connectivity index (χ4n) is 3.01. The third kappa shape index (κ3) is 5.34. The van der Waals surface area contributed by atoms with Gasteiger partial charge in [-0.15, -0.1) is 15.3 Å². The molecule has 4 aromatic rings. The number of carbonyl (C=O) groups excluding carboxylic acids is 1. The Kier molecular flexibility index (Phi) is 6.97. The van der Waals surface area contributed by atoms with Gasteiger partial charge >= 0.3 is 0 Å². The first-order valence-corrected chi connectivity index (χ1v) is 10.9. The first-order chi connectivity index (χ1) is 17.4. The zero-order chi connectivity index (χ0) is 25.7. The molecule has 0 radical (unpaired) electrons. The molecule has 3 aromatic carbocycles. The molecule has 1 N–H and O–H groups in total. The molecule has 0 saturated carbocycles. The lowest BCUT2D eigenvalue weighted by Gasteiger charge is -2.03. The van der Waals surface area contributed by atoms with Gasteiger partial charge in [-0.3, -0.25) is 25.0 Å². The number of nitro benzene ring substituents is 2. The normalized spacial score (nSPS) is 11.5. The summed E-state index contributed by atoms with van der Waals surface area (Å²) in [6, 6.07) is 15.8. The van der Waals surface area contributed by atoms with E-state index < -0.39 is 15.8 Å². The third-order valence-corrected chi connectivity index (χ3v) is 5.66. The molecule has 36 heavy (non-hydrogen) atoms. The van der Waals surface area contributed by atoms with Crippen molar-refractivity contribution in [2.45, 2.75) is 0 Å². The van der Waals surface area contributed by atoms with Crippen LogP contribution in [0.15, 0.2) is 82.1 Å². The second-order valence-electron chi connectivity index (χ2n) is 6.98. The smallest absolute Gasteiger partial charge is 0.280 e. The summed E-state index contributed by atoms with van der Waals surface area (Å²) in [4.78, 5) is 38.0. The Balaban J connectivity index is 1.67. The molecule has 0 bridgehead atoms. The lowest BCUT2D eigenvalue weighted by atomic mass is 10.1. The molecule has 1 heterocycles. The molecular formula is C22H15N7O6S. The van der Waals surface area contributed by atoms with Gasteiger partial charge in [0.15, 0.2) is 0 Å². The molecular weight excluding hydrogens is 490 g/mol. The minimum Gasteiger partial charge on any atom is -0.497 e. The highest BCUT2D eigenvalue weighted by Crippen LogP contribution is 2.31. The molecule has 1 aromatic heterocycles. The quantitative estimate of drug-likeness (QED) is 0.121. The number of nitrogens with one attached hydrogen (secondary N) is 1. The Bertz CT molecular complexity index is 1530. The molecule has 0 spiro atoms. The van der Waals surface area contributed by atoms with Crippen molar-refractivity contribution in [3.63, 3.8) is 0 Å². The number of nitro groups is 2. The number of carbonyl (C=O) groups is 1. The lowest BCUT2D eigenvalue weighted by molar-refractivity contribution is -0.385. The van der Waals surface area contributed by atoms with E-state index in [1.165, 1.54) is 53.8 Å². The predicted octanol–water partition coefficient (Wildman–Crippen LogP) is 5.00. The SMILES string of the molecule is COc1ccc2nc(N=N/C(=N/NC(=O)c3ccc([N+](=O)[O-])cc3)c3ccccc3[N+](=O)[O-])sc2c1. The standard InChI is InChI=1S/C22H15N7O6S/c1-35-15-10-11-17-19(12-15)36-22(23-17)27-25-20(16-4-2-3-5-18(16)29(33)34)24-26-21(30)13-6-8-14(9-7-13)28(31)32/h2-12H,1H3,(H,26,30)/b24-20+,27-25?. The highest BCUT2D eigenvalue weighted by atomic mass is 32.1. The molecule has 1 amide bonds. The van der Waals surface area contributed by atoms with Gasteiger partial charge in [-0.05, 0) is 36.4 Å². The molecule has 0 saturated heterocycles. The number of hydrogen-bond donors (Lipinski definition) is 1. The van der Waals surface area contributed by atoms with Crippen LogP contribution in [0.3, 0.4) is 0 Å². The molecule has 180 valence electrons. The summed E-state index contributed by atoms with van der Waals surface area (Å²) in [5, 5.41) is 34.7. The zero-order valence-electron chi connectivity index (χ0n) is 18.4. The maximum atomic E-state index is 12.5. The number of hydrazone groups is 1. The topological polar surface area (TPSA) is 175 Å². The number of methoxy groups -OCH3 is 1. The lowest BCUT2D eigenvalue weighted by Crippen LogP contribution is -2.19. The van der Waals surface area contributed by atoms with E-state index in [-0.39, 0.29) is 33.5 Å². The Morgan fingerprint density at radius 1 is 1.03 bits per heavy atom. The zero-order valence-corrected chi connectivity index (χ0v) is 19.2. The first-order valence-electron chi connectivity index (χ1n) is 10.1. The first kappa shape index (κ1) is 24.0. The molecule has 14 heteroatoms. The summed E-state index contributed by atoms with van der Waals surface area (Å²) in [6.07, 6.45) is 0. The number of aromatic nitrogens is 1. The summed E-state index contributed by atoms with van der Waals surface area (Å²) < 4.78 is 5.99. The van der Waals surface area contributed by atoms with Gasteiger partial charge < -0.3 is 4.74 Å². The van der Waals surface area contributed by atoms with Crippen molar-refractivity contribution < 1.29 is 19.4 Å². The van der Waals surface area contributed by atoms with Gasteiger partial charge in [0.1, 0.15) is 11.3 Å². The highest BCUT2D eigenvalue weighted by molar-refractivity contribution is 7.21. The van der Waals surface area contributed by atoms with Crippen molar-refractivity contribution >= 4 is 49.8 Å². The highest BCUT2D eigenvalue weighted by Gasteiger charge is 2.19. The van der Waals surface area contributed by atoms with E-state index in [9.17, 15) is 25.0 Å². The van der Waals surface area contributed by atoms with E-state index in [1.807, 2.05) is 0 Å². The number of benzene rings is 3. The minimum atomic E-state index is -0.705. The number of hydrogen-bond acceptors (Lipinski definition) is 10. The van der Waals surface area contributed by atoms with Crippen molar-refractivity contribution in [2.75, 3.05) is 7.11 Å². The average Bonchev–Trinajstić information content (AvgIpc) is 3.30. The van der Waals surface area contributed by atoms with Crippen LogP contribution >= 0.6 is 11.3 Å². The maximum Gasteiger partial charge on any atom is 0.280 e. The molecule has 0 aliphatic heterocycles. The van der Waals surface area contributed by atoms with E-state index in [2.05, 4.69) is 25.7 Å². The van der Waals surface area contributed by atoms with E-state index in [1.54, 1.807) is 31.4 Å². The fourth-order valence-corrected chi connectivity index (χ4v) is 3.83. The number of ether oxygens (including phenoxy) is 1. The summed E-state index contributed by atoms with van der Waals surface area (Å²) in [5.74, 6) is -0.302. The van der Waals surface area contributed by atoms with Crippen LogP contribution < -0.4 is 10.2 Å². The number of amides is 1. The molecule has 0 aliphatic carbocycles. The largest absolute Gasteiger partial charge is 0.497 e. The number of para-hydroxylation sites is 1. The summed E-state index contributed by atoms with van der Waals surface area (Å²) in [5.41, 5.74) is 2.54. The second-order valence-corrected chi connectivity index (χ2v) is 7.99. The van der Waals surface area contributed by atoms with Gasteiger partial charge in [0.25, 0.3) is 17.3 Å². The summed E-state index contributed by atoms with van der Waals surface area (Å²) in [6.45, 7) is 0. The van der Waals surface area contributed by atoms with Crippen LogP contribution in [0.5, 0.6) is 5.75 Å². The van der Waals surface area contributed by atoms with E-state index in [4.69, 9.17) is 4.74 Å². The van der Waals surface area contributed by atoms with Gasteiger partial charge in [0.2, 0.25) is 11.0 Å². The van der Waals surface area contributed by atoms with Gasteiger partial charge in [-0.25, -0.2) is 10.4 Å². The van der Waals surface area contributed by atoms with Gasteiger partial charge in [0, 0.05) is 23.8 Å². The van der Waals surface area contributed by atoms with Crippen LogP contribution in [-0.2, 0) is 0 Å². The average molecular weight is 505 g/mol. The molecule has 0 unspecified atom stereocenters. The van der Waals surface area contributed by atoms with Crippen LogP contribution in [0, 0.1) is 20.2 Å². The second kappa shape index (κ2) is 10.4. The third-order valence-electron chi connectivity index (χ3n) is 4.76. The van der Waals surface area contributed by atoms with Crippen molar-refractivity contribution in [1.29, 1.82) is 0 Å². The van der Waals surface area contributed by atoms with Crippen molar-refractivity contribution in [3.05, 3.63) is 98.1 Å².